The molecule has 0 N–H and O–H groups in total. The number of unbranched alkanes of at least 4 members (excludes halogenated alkanes) is 1. The Balaban J connectivity index is 1.33. The second kappa shape index (κ2) is 8.21. The zero-order chi connectivity index (χ0) is 14.2. The van der Waals surface area contributed by atoms with E-state index in [4.69, 9.17) is 9.47 Å². The number of carbonyl (C=O) groups is 2. The Hall–Kier alpha value is -1.14. The average Bonchev–Trinajstić information content (AvgIpc) is 3.31. The molecule has 0 atom stereocenters. The van der Waals surface area contributed by atoms with Gasteiger partial charge in [-0.15, -0.1) is 0 Å². The van der Waals surface area contributed by atoms with Crippen LogP contribution in [-0.4, -0.2) is 74.2 Å². The maximum absolute atomic E-state index is 11.3. The van der Waals surface area contributed by atoms with Gasteiger partial charge in [0.25, 0.3) is 0 Å². The molecule has 2 aliphatic heterocycles. The van der Waals surface area contributed by atoms with Crippen molar-refractivity contribution in [3.8, 4) is 0 Å². The van der Waals surface area contributed by atoms with Crippen molar-refractivity contribution in [2.45, 2.75) is 25.7 Å². The van der Waals surface area contributed by atoms with E-state index >= 15 is 0 Å². The Bertz CT molecular complexity index is 295. The number of rotatable bonds is 11. The molecule has 20 heavy (non-hydrogen) atoms. The molecule has 0 aromatic carbocycles. The molecule has 0 spiro atoms. The van der Waals surface area contributed by atoms with E-state index in [1.165, 1.54) is 0 Å². The van der Waals surface area contributed by atoms with Crippen molar-refractivity contribution in [2.24, 2.45) is 0 Å². The van der Waals surface area contributed by atoms with Gasteiger partial charge in [-0.05, 0) is 12.8 Å². The molecule has 0 radical (unpaired) electrons. The van der Waals surface area contributed by atoms with Gasteiger partial charge >= 0.3 is 11.9 Å². The fourth-order valence-corrected chi connectivity index (χ4v) is 1.81. The molecule has 0 saturated carbocycles. The highest BCUT2D eigenvalue weighted by Crippen LogP contribution is 2.05. The van der Waals surface area contributed by atoms with Crippen molar-refractivity contribution in [3.63, 3.8) is 0 Å². The van der Waals surface area contributed by atoms with Crippen LogP contribution >= 0.6 is 0 Å². The molecule has 2 rings (SSSR count). The molecule has 2 aliphatic rings. The van der Waals surface area contributed by atoms with Gasteiger partial charge in [-0.1, -0.05) is 0 Å². The lowest BCUT2D eigenvalue weighted by Crippen LogP contribution is -2.13. The molecular weight excluding hydrogens is 260 g/mol. The van der Waals surface area contributed by atoms with Crippen LogP contribution < -0.4 is 0 Å². The topological polar surface area (TPSA) is 58.6 Å². The first kappa shape index (κ1) is 15.3. The van der Waals surface area contributed by atoms with Crippen molar-refractivity contribution >= 4 is 11.9 Å². The van der Waals surface area contributed by atoms with Gasteiger partial charge in [0, 0.05) is 39.3 Å². The first-order chi connectivity index (χ1) is 9.74. The quantitative estimate of drug-likeness (QED) is 0.308. The first-order valence-corrected chi connectivity index (χ1v) is 7.50. The van der Waals surface area contributed by atoms with Crippen molar-refractivity contribution in [1.82, 2.24) is 9.80 Å². The summed E-state index contributed by atoms with van der Waals surface area (Å²) in [6, 6.07) is 0. The monoisotopic (exact) mass is 284 g/mol. The van der Waals surface area contributed by atoms with Crippen LogP contribution in [0.3, 0.4) is 0 Å². The second-order valence-electron chi connectivity index (χ2n) is 5.33. The standard InChI is InChI=1S/C14H24N2O4/c17-13(3-5-15-7-8-15)19-11-1-2-12-20-14(18)4-6-16-9-10-16/h1-12H2. The van der Waals surface area contributed by atoms with Crippen LogP contribution in [0.1, 0.15) is 25.7 Å². The summed E-state index contributed by atoms with van der Waals surface area (Å²) in [4.78, 5) is 27.1. The molecule has 6 nitrogen and oxygen atoms in total. The number of esters is 2. The number of nitrogens with zero attached hydrogens (tertiary/aromatic N) is 2. The van der Waals surface area contributed by atoms with Crippen LogP contribution in [0.5, 0.6) is 0 Å². The first-order valence-electron chi connectivity index (χ1n) is 7.50. The summed E-state index contributed by atoms with van der Waals surface area (Å²) in [6.45, 7) is 6.90. The van der Waals surface area contributed by atoms with Crippen LogP contribution in [0.25, 0.3) is 0 Å². The number of ether oxygens (including phenoxy) is 2. The molecule has 6 heteroatoms. The van der Waals surface area contributed by atoms with E-state index in [2.05, 4.69) is 9.80 Å². The largest absolute Gasteiger partial charge is 0.466 e. The normalized spacial score (nSPS) is 17.8. The van der Waals surface area contributed by atoms with Gasteiger partial charge < -0.3 is 19.3 Å². The Morgan fingerprint density at radius 3 is 1.50 bits per heavy atom. The van der Waals surface area contributed by atoms with E-state index < -0.39 is 0 Å². The van der Waals surface area contributed by atoms with Crippen molar-refractivity contribution in [2.75, 3.05) is 52.5 Å². The molecule has 0 unspecified atom stereocenters. The maximum atomic E-state index is 11.3. The molecule has 0 aliphatic carbocycles. The van der Waals surface area contributed by atoms with Gasteiger partial charge in [0.1, 0.15) is 0 Å². The van der Waals surface area contributed by atoms with Gasteiger partial charge in [0.2, 0.25) is 0 Å². The fraction of sp³-hybridized carbons (Fsp3) is 0.857. The fourth-order valence-electron chi connectivity index (χ4n) is 1.81. The number of carbonyl (C=O) groups excluding carboxylic acids is 2. The van der Waals surface area contributed by atoms with Crippen molar-refractivity contribution in [3.05, 3.63) is 0 Å². The maximum Gasteiger partial charge on any atom is 0.307 e. The summed E-state index contributed by atoms with van der Waals surface area (Å²) in [5, 5.41) is 0. The van der Waals surface area contributed by atoms with Gasteiger partial charge in [-0.2, -0.15) is 0 Å². The highest BCUT2D eigenvalue weighted by molar-refractivity contribution is 5.69. The SMILES string of the molecule is O=C(CCN1CC1)OCCCCOC(=O)CCN1CC1. The number of hydrogen-bond acceptors (Lipinski definition) is 6. The highest BCUT2D eigenvalue weighted by Gasteiger charge is 2.18. The smallest absolute Gasteiger partial charge is 0.307 e. The summed E-state index contributed by atoms with van der Waals surface area (Å²) in [5.41, 5.74) is 0. The second-order valence-corrected chi connectivity index (χ2v) is 5.33. The third-order valence-corrected chi connectivity index (χ3v) is 3.41. The Morgan fingerprint density at radius 1 is 0.750 bits per heavy atom. The van der Waals surface area contributed by atoms with E-state index in [-0.39, 0.29) is 11.9 Å². The predicted molar refractivity (Wildman–Crippen MR) is 73.3 cm³/mol. The van der Waals surface area contributed by atoms with E-state index in [9.17, 15) is 9.59 Å². The lowest BCUT2D eigenvalue weighted by Gasteiger charge is -2.06. The molecule has 2 saturated heterocycles. The van der Waals surface area contributed by atoms with E-state index in [1.54, 1.807) is 0 Å². The molecule has 0 aromatic heterocycles. The lowest BCUT2D eigenvalue weighted by molar-refractivity contribution is -0.146. The van der Waals surface area contributed by atoms with E-state index in [0.29, 0.717) is 26.1 Å². The Morgan fingerprint density at radius 2 is 1.15 bits per heavy atom. The van der Waals surface area contributed by atoms with Crippen LogP contribution in [0.15, 0.2) is 0 Å². The van der Waals surface area contributed by atoms with Crippen LogP contribution in [0, 0.1) is 0 Å². The molecule has 2 fully saturated rings. The summed E-state index contributed by atoms with van der Waals surface area (Å²) < 4.78 is 10.2. The summed E-state index contributed by atoms with van der Waals surface area (Å²) in [6.07, 6.45) is 2.45. The minimum absolute atomic E-state index is 0.132. The lowest BCUT2D eigenvalue weighted by atomic mass is 10.3. The van der Waals surface area contributed by atoms with E-state index in [1.807, 2.05) is 0 Å². The molecule has 0 aromatic rings. The van der Waals surface area contributed by atoms with Gasteiger partial charge in [-0.25, -0.2) is 0 Å². The molecule has 2 heterocycles. The minimum Gasteiger partial charge on any atom is -0.466 e. The van der Waals surface area contributed by atoms with Gasteiger partial charge in [0.15, 0.2) is 0 Å². The molecule has 0 amide bonds. The van der Waals surface area contributed by atoms with Crippen LogP contribution in [0.2, 0.25) is 0 Å². The average molecular weight is 284 g/mol. The van der Waals surface area contributed by atoms with Crippen molar-refractivity contribution < 1.29 is 19.1 Å². The van der Waals surface area contributed by atoms with Crippen LogP contribution in [0.4, 0.5) is 0 Å². The zero-order valence-electron chi connectivity index (χ0n) is 12.0. The minimum atomic E-state index is -0.132. The van der Waals surface area contributed by atoms with Crippen molar-refractivity contribution in [1.29, 1.82) is 0 Å². The number of hydrogen-bond donors (Lipinski definition) is 0. The Labute approximate surface area is 120 Å². The van der Waals surface area contributed by atoms with Gasteiger partial charge in [0.05, 0.1) is 26.1 Å². The highest BCUT2D eigenvalue weighted by atomic mass is 16.5. The van der Waals surface area contributed by atoms with Crippen LogP contribution in [-0.2, 0) is 19.1 Å². The zero-order valence-corrected chi connectivity index (χ0v) is 12.0. The summed E-state index contributed by atoms with van der Waals surface area (Å²) in [5.74, 6) is -0.264. The third-order valence-electron chi connectivity index (χ3n) is 3.41. The van der Waals surface area contributed by atoms with Gasteiger partial charge in [-0.3, -0.25) is 9.59 Å². The molecular formula is C14H24N2O4. The molecule has 114 valence electrons. The van der Waals surface area contributed by atoms with E-state index in [0.717, 1.165) is 52.1 Å². The molecule has 0 bridgehead atoms. The summed E-state index contributed by atoms with van der Waals surface area (Å²) >= 11 is 0. The Kier molecular flexibility index (Phi) is 6.26. The summed E-state index contributed by atoms with van der Waals surface area (Å²) in [7, 11) is 0. The predicted octanol–water partition coefficient (Wildman–Crippen LogP) is 0.264. The third kappa shape index (κ3) is 7.45.